The van der Waals surface area contributed by atoms with Gasteiger partial charge in [-0.15, -0.1) is 0 Å². The summed E-state index contributed by atoms with van der Waals surface area (Å²) in [6.45, 7) is 6.27. The highest BCUT2D eigenvalue weighted by Crippen LogP contribution is 2.14. The molecular formula is C21H41N3. The monoisotopic (exact) mass is 335 g/mol. The first-order chi connectivity index (χ1) is 11.8. The highest BCUT2D eigenvalue weighted by Gasteiger charge is 2.18. The van der Waals surface area contributed by atoms with Crippen molar-refractivity contribution in [2.24, 2.45) is 10.7 Å². The number of rotatable bonds is 15. The van der Waals surface area contributed by atoms with E-state index in [9.17, 15) is 0 Å². The predicted molar refractivity (Wildman–Crippen MR) is 107 cm³/mol. The number of nitrogens with two attached hydrogens (primary N) is 1. The van der Waals surface area contributed by atoms with Crippen molar-refractivity contribution in [3.05, 3.63) is 12.2 Å². The number of nitrogens with zero attached hydrogens (tertiary/aromatic N) is 2. The van der Waals surface area contributed by atoms with Crippen molar-refractivity contribution in [2.75, 3.05) is 13.1 Å². The van der Waals surface area contributed by atoms with Crippen molar-refractivity contribution in [2.45, 2.75) is 103 Å². The lowest BCUT2D eigenvalue weighted by Crippen LogP contribution is -2.41. The molecule has 0 radical (unpaired) electrons. The van der Waals surface area contributed by atoms with Gasteiger partial charge < -0.3 is 10.6 Å². The molecule has 0 amide bonds. The Kier molecular flexibility index (Phi) is 12.8. The Morgan fingerprint density at radius 1 is 0.958 bits per heavy atom. The molecule has 0 aromatic carbocycles. The SMILES string of the molecule is CCCCC/C=C/CCCCCCCCCC1=NCCN1C(C)N. The summed E-state index contributed by atoms with van der Waals surface area (Å²) in [7, 11) is 0. The summed E-state index contributed by atoms with van der Waals surface area (Å²) in [6.07, 6.45) is 22.2. The molecule has 0 aromatic rings. The second-order valence-corrected chi connectivity index (χ2v) is 7.21. The zero-order valence-corrected chi connectivity index (χ0v) is 16.3. The molecule has 0 fully saturated rings. The van der Waals surface area contributed by atoms with Gasteiger partial charge in [0.1, 0.15) is 5.84 Å². The van der Waals surface area contributed by atoms with Crippen LogP contribution in [0.5, 0.6) is 0 Å². The Bertz CT molecular complexity index is 347. The topological polar surface area (TPSA) is 41.6 Å². The van der Waals surface area contributed by atoms with E-state index in [0.717, 1.165) is 19.5 Å². The third-order valence-corrected chi connectivity index (χ3v) is 4.87. The number of hydrogen-bond donors (Lipinski definition) is 1. The number of aliphatic imine (C=N–C) groups is 1. The van der Waals surface area contributed by atoms with Crippen molar-refractivity contribution < 1.29 is 0 Å². The summed E-state index contributed by atoms with van der Waals surface area (Å²) in [4.78, 5) is 6.85. The fraction of sp³-hybridized carbons (Fsp3) is 0.857. The van der Waals surface area contributed by atoms with Crippen LogP contribution >= 0.6 is 0 Å². The van der Waals surface area contributed by atoms with E-state index in [1.807, 2.05) is 0 Å². The molecule has 3 heteroatoms. The molecule has 0 saturated carbocycles. The minimum atomic E-state index is 0.118. The van der Waals surface area contributed by atoms with Gasteiger partial charge in [0.2, 0.25) is 0 Å². The molecule has 1 rings (SSSR count). The molecule has 0 saturated heterocycles. The normalized spacial score (nSPS) is 16.1. The van der Waals surface area contributed by atoms with Crippen LogP contribution in [0.4, 0.5) is 0 Å². The van der Waals surface area contributed by atoms with Gasteiger partial charge in [-0.05, 0) is 39.0 Å². The van der Waals surface area contributed by atoms with Crippen molar-refractivity contribution in [3.63, 3.8) is 0 Å². The molecule has 0 aliphatic carbocycles. The fourth-order valence-corrected chi connectivity index (χ4v) is 3.35. The molecule has 0 bridgehead atoms. The molecular weight excluding hydrogens is 294 g/mol. The standard InChI is InChI=1S/C21H41N3/c1-3-4-5-6-7-8-9-10-11-12-13-14-15-16-17-21-23-18-19-24(21)20(2)22/h7-8,20H,3-6,9-19,22H2,1-2H3/b8-7+. The quantitative estimate of drug-likeness (QED) is 0.310. The lowest BCUT2D eigenvalue weighted by atomic mass is 10.1. The first-order valence-corrected chi connectivity index (χ1v) is 10.5. The number of unbranched alkanes of at least 4 members (excludes halogenated alkanes) is 10. The van der Waals surface area contributed by atoms with Crippen LogP contribution in [0.2, 0.25) is 0 Å². The minimum absolute atomic E-state index is 0.118. The zero-order valence-electron chi connectivity index (χ0n) is 16.3. The van der Waals surface area contributed by atoms with Crippen LogP contribution in [0.15, 0.2) is 17.1 Å². The second kappa shape index (κ2) is 14.5. The maximum Gasteiger partial charge on any atom is 0.100 e. The number of hydrogen-bond acceptors (Lipinski definition) is 3. The highest BCUT2D eigenvalue weighted by atomic mass is 15.3. The van der Waals surface area contributed by atoms with E-state index in [4.69, 9.17) is 5.73 Å². The molecule has 3 nitrogen and oxygen atoms in total. The first-order valence-electron chi connectivity index (χ1n) is 10.5. The Hall–Kier alpha value is -0.830. The van der Waals surface area contributed by atoms with Crippen LogP contribution in [0.25, 0.3) is 0 Å². The van der Waals surface area contributed by atoms with E-state index in [0.29, 0.717) is 0 Å². The van der Waals surface area contributed by atoms with Gasteiger partial charge in [-0.3, -0.25) is 4.99 Å². The van der Waals surface area contributed by atoms with Gasteiger partial charge in [0.15, 0.2) is 0 Å². The Morgan fingerprint density at radius 3 is 2.17 bits per heavy atom. The molecule has 140 valence electrons. The lowest BCUT2D eigenvalue weighted by Gasteiger charge is -2.24. The fourth-order valence-electron chi connectivity index (χ4n) is 3.35. The first kappa shape index (κ1) is 21.2. The van der Waals surface area contributed by atoms with Gasteiger partial charge in [-0.25, -0.2) is 0 Å². The second-order valence-electron chi connectivity index (χ2n) is 7.21. The van der Waals surface area contributed by atoms with E-state index in [1.165, 1.54) is 82.9 Å². The van der Waals surface area contributed by atoms with E-state index < -0.39 is 0 Å². The molecule has 0 spiro atoms. The van der Waals surface area contributed by atoms with E-state index in [-0.39, 0.29) is 6.17 Å². The summed E-state index contributed by atoms with van der Waals surface area (Å²) in [5.74, 6) is 1.25. The summed E-state index contributed by atoms with van der Waals surface area (Å²) in [5.41, 5.74) is 5.98. The van der Waals surface area contributed by atoms with Gasteiger partial charge in [-0.1, -0.05) is 64.0 Å². The molecule has 1 aliphatic rings. The van der Waals surface area contributed by atoms with Crippen molar-refractivity contribution in [3.8, 4) is 0 Å². The van der Waals surface area contributed by atoms with Gasteiger partial charge in [0.25, 0.3) is 0 Å². The average molecular weight is 336 g/mol. The van der Waals surface area contributed by atoms with Crippen LogP contribution < -0.4 is 5.73 Å². The molecule has 1 unspecified atom stereocenters. The van der Waals surface area contributed by atoms with E-state index in [2.05, 4.69) is 35.9 Å². The number of amidine groups is 1. The third kappa shape index (κ3) is 10.1. The smallest absolute Gasteiger partial charge is 0.100 e. The van der Waals surface area contributed by atoms with Crippen LogP contribution in [-0.4, -0.2) is 30.0 Å². The van der Waals surface area contributed by atoms with Crippen LogP contribution in [-0.2, 0) is 0 Å². The Balaban J connectivity index is 1.84. The van der Waals surface area contributed by atoms with Gasteiger partial charge in [0.05, 0.1) is 12.7 Å². The summed E-state index contributed by atoms with van der Waals surface area (Å²) >= 11 is 0. The Labute approximate surface area is 150 Å². The van der Waals surface area contributed by atoms with Crippen LogP contribution in [0.1, 0.15) is 97.3 Å². The molecule has 1 heterocycles. The van der Waals surface area contributed by atoms with Gasteiger partial charge in [0, 0.05) is 13.0 Å². The lowest BCUT2D eigenvalue weighted by molar-refractivity contribution is 0.358. The van der Waals surface area contributed by atoms with E-state index in [1.54, 1.807) is 0 Å². The van der Waals surface area contributed by atoms with Gasteiger partial charge >= 0.3 is 0 Å². The molecule has 1 atom stereocenters. The molecule has 24 heavy (non-hydrogen) atoms. The Morgan fingerprint density at radius 2 is 1.54 bits per heavy atom. The maximum absolute atomic E-state index is 5.98. The number of allylic oxidation sites excluding steroid dienone is 2. The zero-order chi connectivity index (χ0) is 17.5. The average Bonchev–Trinajstić information content (AvgIpc) is 3.04. The highest BCUT2D eigenvalue weighted by molar-refractivity contribution is 5.83. The summed E-state index contributed by atoms with van der Waals surface area (Å²) < 4.78 is 0. The van der Waals surface area contributed by atoms with Crippen molar-refractivity contribution in [1.82, 2.24) is 4.90 Å². The van der Waals surface area contributed by atoms with Crippen molar-refractivity contribution in [1.29, 1.82) is 0 Å². The van der Waals surface area contributed by atoms with E-state index >= 15 is 0 Å². The van der Waals surface area contributed by atoms with Crippen molar-refractivity contribution >= 4 is 5.84 Å². The summed E-state index contributed by atoms with van der Waals surface area (Å²) in [6, 6.07) is 0. The van der Waals surface area contributed by atoms with Crippen LogP contribution in [0, 0.1) is 0 Å². The van der Waals surface area contributed by atoms with Gasteiger partial charge in [-0.2, -0.15) is 0 Å². The summed E-state index contributed by atoms with van der Waals surface area (Å²) in [5, 5.41) is 0. The predicted octanol–water partition coefficient (Wildman–Crippen LogP) is 5.65. The largest absolute Gasteiger partial charge is 0.343 e. The molecule has 0 aromatic heterocycles. The minimum Gasteiger partial charge on any atom is -0.343 e. The molecule has 1 aliphatic heterocycles. The van der Waals surface area contributed by atoms with Crippen LogP contribution in [0.3, 0.4) is 0 Å². The third-order valence-electron chi connectivity index (χ3n) is 4.87. The molecule has 2 N–H and O–H groups in total. The maximum atomic E-state index is 5.98.